The van der Waals surface area contributed by atoms with Crippen LogP contribution in [0.2, 0.25) is 0 Å². The van der Waals surface area contributed by atoms with Crippen molar-refractivity contribution < 1.29 is 61.4 Å². The van der Waals surface area contributed by atoms with Crippen LogP contribution >= 0.6 is 23.5 Å². The van der Waals surface area contributed by atoms with Crippen LogP contribution in [-0.4, -0.2) is 64.3 Å². The van der Waals surface area contributed by atoms with Crippen LogP contribution in [0.15, 0.2) is 11.0 Å². The number of hydrogen-bond donors (Lipinski definition) is 7. The van der Waals surface area contributed by atoms with Crippen molar-refractivity contribution in [2.75, 3.05) is 12.3 Å². The molecule has 0 radical (unpaired) electrons. The van der Waals surface area contributed by atoms with Crippen LogP contribution in [-0.2, 0) is 38.0 Å². The Morgan fingerprint density at radius 3 is 2.29 bits per heavy atom. The standard InChI is InChI=1S/C11H20N3O14P3/c1-2-5-3-14(11(17)13-9(5)12)10-8(16)7(15)6(26-10)4-25-30(21,22)28-31(23,24)27-29(18,19)20/h3,6-8,10,15-16H,2,4H2,1H3,(H,21,22)(H,23,24)(H2,12,13,17)(H2,18,19,20)/t6-,7+,8+,10-/m1/s1. The largest absolute Gasteiger partial charge is 0.490 e. The molecule has 1 fully saturated rings. The lowest BCUT2D eigenvalue weighted by atomic mass is 10.1. The highest BCUT2D eigenvalue weighted by molar-refractivity contribution is 7.66. The van der Waals surface area contributed by atoms with Gasteiger partial charge in [-0.25, -0.2) is 18.5 Å². The molecule has 1 aromatic heterocycles. The molecule has 20 heteroatoms. The van der Waals surface area contributed by atoms with E-state index >= 15 is 0 Å². The molecule has 2 rings (SSSR count). The van der Waals surface area contributed by atoms with Crippen LogP contribution in [0.3, 0.4) is 0 Å². The Morgan fingerprint density at radius 2 is 1.74 bits per heavy atom. The predicted molar refractivity (Wildman–Crippen MR) is 98.0 cm³/mol. The summed E-state index contributed by atoms with van der Waals surface area (Å²) in [6.45, 7) is 0.699. The van der Waals surface area contributed by atoms with Crippen LogP contribution in [0.1, 0.15) is 18.7 Å². The molecule has 0 aliphatic carbocycles. The van der Waals surface area contributed by atoms with Crippen molar-refractivity contribution in [1.29, 1.82) is 0 Å². The minimum atomic E-state index is -5.72. The quantitative estimate of drug-likeness (QED) is 0.183. The van der Waals surface area contributed by atoms with E-state index < -0.39 is 60.3 Å². The first-order valence-electron chi connectivity index (χ1n) is 8.22. The molecule has 8 N–H and O–H groups in total. The SMILES string of the molecule is CCc1cn([C@@H]2O[C@H](COP(=O)(O)OP(=O)(O)OP(=O)(O)O)[C@H](O)[C@@H]2O)c(=O)nc1N. The molecule has 2 unspecified atom stereocenters. The fourth-order valence-corrected chi connectivity index (χ4v) is 5.57. The predicted octanol–water partition coefficient (Wildman–Crippen LogP) is -1.65. The second kappa shape index (κ2) is 9.45. The normalized spacial score (nSPS) is 28.2. The molecule has 6 atom stereocenters. The maximum atomic E-state index is 12.1. The highest BCUT2D eigenvalue weighted by Gasteiger charge is 2.46. The van der Waals surface area contributed by atoms with Crippen molar-refractivity contribution in [1.82, 2.24) is 9.55 Å². The van der Waals surface area contributed by atoms with E-state index in [0.717, 1.165) is 4.57 Å². The van der Waals surface area contributed by atoms with Crippen LogP contribution in [0.4, 0.5) is 5.82 Å². The number of aryl methyl sites for hydroxylation is 1. The molecular weight excluding hydrogens is 491 g/mol. The fourth-order valence-electron chi connectivity index (χ4n) is 2.54. The third kappa shape index (κ3) is 6.97. The fraction of sp³-hybridized carbons (Fsp3) is 0.636. The van der Waals surface area contributed by atoms with Crippen molar-refractivity contribution in [3.63, 3.8) is 0 Å². The summed E-state index contributed by atoms with van der Waals surface area (Å²) in [6.07, 6.45) is -4.89. The molecule has 17 nitrogen and oxygen atoms in total. The highest BCUT2D eigenvalue weighted by atomic mass is 31.3. The topological polar surface area (TPSA) is 270 Å². The zero-order valence-corrected chi connectivity index (χ0v) is 18.2. The highest BCUT2D eigenvalue weighted by Crippen LogP contribution is 2.66. The number of phosphoric ester groups is 1. The monoisotopic (exact) mass is 511 g/mol. The molecule has 0 aromatic carbocycles. The van der Waals surface area contributed by atoms with Crippen LogP contribution in [0.25, 0.3) is 0 Å². The zero-order chi connectivity index (χ0) is 23.8. The number of aromatic nitrogens is 2. The smallest absolute Gasteiger partial charge is 0.387 e. The van der Waals surface area contributed by atoms with Gasteiger partial charge in [-0.1, -0.05) is 6.92 Å². The van der Waals surface area contributed by atoms with Gasteiger partial charge in [0.05, 0.1) is 6.61 Å². The van der Waals surface area contributed by atoms with Gasteiger partial charge in [0, 0.05) is 11.8 Å². The number of phosphoric acid groups is 3. The van der Waals surface area contributed by atoms with E-state index in [1.165, 1.54) is 6.20 Å². The molecule has 1 aromatic rings. The minimum Gasteiger partial charge on any atom is -0.387 e. The van der Waals surface area contributed by atoms with E-state index in [0.29, 0.717) is 12.0 Å². The van der Waals surface area contributed by atoms with Gasteiger partial charge >= 0.3 is 29.2 Å². The molecule has 0 amide bonds. The second-order valence-electron chi connectivity index (χ2n) is 6.13. The third-order valence-corrected chi connectivity index (χ3v) is 7.67. The van der Waals surface area contributed by atoms with E-state index in [9.17, 15) is 33.6 Å². The van der Waals surface area contributed by atoms with E-state index in [2.05, 4.69) is 18.1 Å². The number of aliphatic hydroxyl groups is 2. The number of hydrogen-bond acceptors (Lipinski definition) is 12. The maximum absolute atomic E-state index is 12.1. The lowest BCUT2D eigenvalue weighted by Gasteiger charge is -2.19. The molecule has 0 saturated carbocycles. The molecule has 31 heavy (non-hydrogen) atoms. The Morgan fingerprint density at radius 1 is 1.13 bits per heavy atom. The molecule has 0 bridgehead atoms. The first-order chi connectivity index (χ1) is 14.1. The molecule has 0 spiro atoms. The summed E-state index contributed by atoms with van der Waals surface area (Å²) in [4.78, 5) is 51.1. The van der Waals surface area contributed by atoms with Crippen LogP contribution in [0, 0.1) is 0 Å². The van der Waals surface area contributed by atoms with E-state index in [4.69, 9.17) is 25.2 Å². The van der Waals surface area contributed by atoms with Gasteiger partial charge < -0.3 is 40.3 Å². The van der Waals surface area contributed by atoms with Gasteiger partial charge in [0.1, 0.15) is 24.1 Å². The van der Waals surface area contributed by atoms with Crippen LogP contribution < -0.4 is 11.4 Å². The van der Waals surface area contributed by atoms with E-state index in [1.807, 2.05) is 0 Å². The lowest BCUT2D eigenvalue weighted by Crippen LogP contribution is -2.36. The number of ether oxygens (including phenoxy) is 1. The maximum Gasteiger partial charge on any atom is 0.490 e. The second-order valence-corrected chi connectivity index (χ2v) is 10.5. The molecule has 1 aliphatic heterocycles. The molecular formula is C11H20N3O14P3. The summed E-state index contributed by atoms with van der Waals surface area (Å²) in [5.41, 5.74) is 5.12. The molecule has 178 valence electrons. The lowest BCUT2D eigenvalue weighted by molar-refractivity contribution is -0.0542. The number of nitrogen functional groups attached to an aromatic ring is 1. The summed E-state index contributed by atoms with van der Waals surface area (Å²) in [5, 5.41) is 20.3. The third-order valence-electron chi connectivity index (χ3n) is 3.87. The van der Waals surface area contributed by atoms with Crippen molar-refractivity contribution in [2.24, 2.45) is 0 Å². The Bertz CT molecular complexity index is 1010. The van der Waals surface area contributed by atoms with Gasteiger partial charge in [-0.2, -0.15) is 13.6 Å². The Hall–Kier alpha value is -1.03. The first-order valence-corrected chi connectivity index (χ1v) is 12.7. The van der Waals surface area contributed by atoms with Gasteiger partial charge in [-0.15, -0.1) is 0 Å². The Kier molecular flexibility index (Phi) is 7.99. The Labute approximate surface area is 173 Å². The summed E-state index contributed by atoms with van der Waals surface area (Å²) < 4.78 is 51.2. The molecule has 1 saturated heterocycles. The van der Waals surface area contributed by atoms with Gasteiger partial charge in [-0.3, -0.25) is 9.09 Å². The number of nitrogens with two attached hydrogens (primary N) is 1. The number of nitrogens with zero attached hydrogens (tertiary/aromatic N) is 2. The number of aliphatic hydroxyl groups excluding tert-OH is 2. The summed E-state index contributed by atoms with van der Waals surface area (Å²) >= 11 is 0. The minimum absolute atomic E-state index is 0.0407. The average Bonchev–Trinajstić information content (AvgIpc) is 2.85. The van der Waals surface area contributed by atoms with Crippen molar-refractivity contribution in [2.45, 2.75) is 37.9 Å². The zero-order valence-electron chi connectivity index (χ0n) is 15.6. The van der Waals surface area contributed by atoms with Crippen molar-refractivity contribution in [3.05, 3.63) is 22.2 Å². The molecule has 1 aliphatic rings. The van der Waals surface area contributed by atoms with Gasteiger partial charge in [0.2, 0.25) is 0 Å². The van der Waals surface area contributed by atoms with Crippen LogP contribution in [0.5, 0.6) is 0 Å². The first kappa shape index (κ1) is 26.2. The Balaban J connectivity index is 2.11. The average molecular weight is 511 g/mol. The van der Waals surface area contributed by atoms with Crippen molar-refractivity contribution in [3.8, 4) is 0 Å². The summed E-state index contributed by atoms with van der Waals surface area (Å²) in [5.74, 6) is -0.0407. The van der Waals surface area contributed by atoms with E-state index in [1.54, 1.807) is 6.92 Å². The number of rotatable bonds is 9. The van der Waals surface area contributed by atoms with Gasteiger partial charge in [-0.05, 0) is 6.42 Å². The van der Waals surface area contributed by atoms with Gasteiger partial charge in [0.15, 0.2) is 6.23 Å². The number of anilines is 1. The summed E-state index contributed by atoms with van der Waals surface area (Å²) in [6, 6.07) is 0. The summed E-state index contributed by atoms with van der Waals surface area (Å²) in [7, 11) is -16.8. The van der Waals surface area contributed by atoms with Gasteiger partial charge in [0.25, 0.3) is 0 Å². The van der Waals surface area contributed by atoms with Crippen molar-refractivity contribution >= 4 is 29.3 Å². The molecule has 2 heterocycles. The van der Waals surface area contributed by atoms with E-state index in [-0.39, 0.29) is 5.82 Å².